The lowest BCUT2D eigenvalue weighted by molar-refractivity contribution is -0.137. The molecule has 2 aromatic carbocycles. The second-order valence-electron chi connectivity index (χ2n) is 5.88. The Hall–Kier alpha value is -3.43. The highest BCUT2D eigenvalue weighted by molar-refractivity contribution is 5.93. The summed E-state index contributed by atoms with van der Waals surface area (Å²) in [5, 5.41) is 12.1. The summed E-state index contributed by atoms with van der Waals surface area (Å²) in [6, 6.07) is 11.2. The van der Waals surface area contributed by atoms with Crippen molar-refractivity contribution in [3.8, 4) is 17.1 Å². The van der Waals surface area contributed by atoms with Crippen LogP contribution in [0.15, 0.2) is 48.5 Å². The number of benzene rings is 2. The number of ether oxygens (including phenoxy) is 1. The molecule has 0 aliphatic heterocycles. The number of carbonyl (C=O) groups is 1. The van der Waals surface area contributed by atoms with Crippen LogP contribution in [0.25, 0.3) is 11.4 Å². The number of nitrogens with two attached hydrogens (primary N) is 1. The third kappa shape index (κ3) is 4.84. The lowest BCUT2D eigenvalue weighted by atomic mass is 10.1. The zero-order valence-electron chi connectivity index (χ0n) is 14.6. The molecule has 0 unspecified atom stereocenters. The Labute approximate surface area is 157 Å². The lowest BCUT2D eigenvalue weighted by Gasteiger charge is -2.10. The Kier molecular flexibility index (Phi) is 5.57. The minimum atomic E-state index is -4.41. The van der Waals surface area contributed by atoms with Crippen molar-refractivity contribution >= 4 is 5.91 Å². The maximum atomic E-state index is 12.7. The van der Waals surface area contributed by atoms with E-state index in [4.69, 9.17) is 10.5 Å². The highest BCUT2D eigenvalue weighted by Gasteiger charge is 2.30. The predicted octanol–water partition coefficient (Wildman–Crippen LogP) is 2.93. The molecule has 0 bridgehead atoms. The van der Waals surface area contributed by atoms with E-state index >= 15 is 0 Å². The topological polar surface area (TPSA) is 95.9 Å². The van der Waals surface area contributed by atoms with Gasteiger partial charge in [0.15, 0.2) is 0 Å². The van der Waals surface area contributed by atoms with Gasteiger partial charge in [0.25, 0.3) is 0 Å². The van der Waals surface area contributed by atoms with E-state index in [2.05, 4.69) is 15.4 Å². The molecular formula is C18H16F3N5O2. The summed E-state index contributed by atoms with van der Waals surface area (Å²) in [7, 11) is 0. The van der Waals surface area contributed by atoms with Crippen molar-refractivity contribution in [1.82, 2.24) is 20.2 Å². The predicted molar refractivity (Wildman–Crippen MR) is 93.3 cm³/mol. The minimum Gasteiger partial charge on any atom is -0.494 e. The van der Waals surface area contributed by atoms with Crippen LogP contribution in [0.3, 0.4) is 0 Å². The Balaban J connectivity index is 1.52. The van der Waals surface area contributed by atoms with E-state index in [1.54, 1.807) is 24.3 Å². The maximum absolute atomic E-state index is 12.7. The summed E-state index contributed by atoms with van der Waals surface area (Å²) in [5.74, 6) is 0.00959. The van der Waals surface area contributed by atoms with Gasteiger partial charge < -0.3 is 10.5 Å². The van der Waals surface area contributed by atoms with Crippen LogP contribution in [0.5, 0.6) is 5.75 Å². The molecule has 28 heavy (non-hydrogen) atoms. The van der Waals surface area contributed by atoms with Crippen LogP contribution in [-0.4, -0.2) is 32.7 Å². The first-order valence-corrected chi connectivity index (χ1v) is 8.31. The average Bonchev–Trinajstić information content (AvgIpc) is 3.14. The summed E-state index contributed by atoms with van der Waals surface area (Å²) in [4.78, 5) is 12.4. The summed E-state index contributed by atoms with van der Waals surface area (Å²) >= 11 is 0. The molecule has 0 spiro atoms. The molecule has 146 valence electrons. The van der Waals surface area contributed by atoms with Crippen LogP contribution in [0.1, 0.15) is 22.3 Å². The minimum absolute atomic E-state index is 0.150. The van der Waals surface area contributed by atoms with Crippen molar-refractivity contribution in [2.75, 3.05) is 6.61 Å². The molecule has 3 rings (SSSR count). The zero-order valence-corrected chi connectivity index (χ0v) is 14.6. The van der Waals surface area contributed by atoms with Crippen LogP contribution in [0, 0.1) is 0 Å². The SMILES string of the molecule is NC(=O)c1ccc(-c2nnn(CCCOc3cccc(C(F)(F)F)c3)n2)cc1. The van der Waals surface area contributed by atoms with E-state index in [-0.39, 0.29) is 12.4 Å². The van der Waals surface area contributed by atoms with Crippen LogP contribution in [0.4, 0.5) is 13.2 Å². The standard InChI is InChI=1S/C18H16F3N5O2/c19-18(20,21)14-3-1-4-15(11-14)28-10-2-9-26-24-17(23-25-26)13-7-5-12(6-8-13)16(22)27/h1,3-8,11H,2,9-10H2,(H2,22,27). The molecule has 1 amide bonds. The van der Waals surface area contributed by atoms with Gasteiger partial charge in [-0.1, -0.05) is 18.2 Å². The van der Waals surface area contributed by atoms with Crippen molar-refractivity contribution in [1.29, 1.82) is 0 Å². The fraction of sp³-hybridized carbons (Fsp3) is 0.222. The molecule has 0 aliphatic rings. The maximum Gasteiger partial charge on any atom is 0.416 e. The third-order valence-corrected chi connectivity index (χ3v) is 3.81. The van der Waals surface area contributed by atoms with E-state index in [1.165, 1.54) is 16.9 Å². The number of rotatable bonds is 7. The van der Waals surface area contributed by atoms with Gasteiger partial charge >= 0.3 is 6.18 Å². The number of carbonyl (C=O) groups excluding carboxylic acids is 1. The summed E-state index contributed by atoms with van der Waals surface area (Å²) in [6.07, 6.45) is -3.93. The summed E-state index contributed by atoms with van der Waals surface area (Å²) in [6.45, 7) is 0.580. The van der Waals surface area contributed by atoms with Crippen molar-refractivity contribution in [2.45, 2.75) is 19.1 Å². The van der Waals surface area contributed by atoms with Crippen LogP contribution in [0.2, 0.25) is 0 Å². The van der Waals surface area contributed by atoms with E-state index in [1.807, 2.05) is 0 Å². The first kappa shape index (κ1) is 19.3. The number of aryl methyl sites for hydroxylation is 1. The number of hydrogen-bond donors (Lipinski definition) is 1. The van der Waals surface area contributed by atoms with Gasteiger partial charge in [-0.3, -0.25) is 4.79 Å². The monoisotopic (exact) mass is 391 g/mol. The Bertz CT molecular complexity index is 954. The van der Waals surface area contributed by atoms with E-state index in [0.29, 0.717) is 29.9 Å². The number of amides is 1. The number of tetrazole rings is 1. The molecular weight excluding hydrogens is 375 g/mol. The number of hydrogen-bond acceptors (Lipinski definition) is 5. The molecule has 1 aromatic heterocycles. The molecule has 2 N–H and O–H groups in total. The van der Waals surface area contributed by atoms with E-state index in [9.17, 15) is 18.0 Å². The summed E-state index contributed by atoms with van der Waals surface area (Å²) in [5.41, 5.74) is 5.49. The van der Waals surface area contributed by atoms with Crippen molar-refractivity contribution < 1.29 is 22.7 Å². The number of aromatic nitrogens is 4. The lowest BCUT2D eigenvalue weighted by Crippen LogP contribution is -2.10. The Morgan fingerprint density at radius 1 is 1.14 bits per heavy atom. The fourth-order valence-corrected chi connectivity index (χ4v) is 2.40. The molecule has 0 aliphatic carbocycles. The highest BCUT2D eigenvalue weighted by atomic mass is 19.4. The third-order valence-electron chi connectivity index (χ3n) is 3.81. The molecule has 10 heteroatoms. The highest BCUT2D eigenvalue weighted by Crippen LogP contribution is 2.31. The zero-order chi connectivity index (χ0) is 20.1. The van der Waals surface area contributed by atoms with Crippen molar-refractivity contribution in [3.63, 3.8) is 0 Å². The van der Waals surface area contributed by atoms with E-state index < -0.39 is 17.6 Å². The molecule has 0 fully saturated rings. The fourth-order valence-electron chi connectivity index (χ4n) is 2.40. The van der Waals surface area contributed by atoms with Gasteiger partial charge in [0.1, 0.15) is 5.75 Å². The van der Waals surface area contributed by atoms with Gasteiger partial charge in [0.2, 0.25) is 11.7 Å². The Morgan fingerprint density at radius 2 is 1.89 bits per heavy atom. The number of alkyl halides is 3. The molecule has 0 saturated carbocycles. The molecule has 1 heterocycles. The summed E-state index contributed by atoms with van der Waals surface area (Å²) < 4.78 is 43.4. The van der Waals surface area contributed by atoms with Gasteiger partial charge in [-0.15, -0.1) is 10.2 Å². The molecule has 0 radical (unpaired) electrons. The van der Waals surface area contributed by atoms with Gasteiger partial charge in [-0.25, -0.2) is 0 Å². The van der Waals surface area contributed by atoms with Gasteiger partial charge in [0, 0.05) is 17.5 Å². The molecule has 0 atom stereocenters. The van der Waals surface area contributed by atoms with Gasteiger partial charge in [-0.05, 0) is 35.5 Å². The second-order valence-corrected chi connectivity index (χ2v) is 5.88. The quantitative estimate of drug-likeness (QED) is 0.625. The first-order chi connectivity index (χ1) is 13.3. The van der Waals surface area contributed by atoms with Crippen molar-refractivity contribution in [2.24, 2.45) is 5.73 Å². The Morgan fingerprint density at radius 3 is 2.57 bits per heavy atom. The largest absolute Gasteiger partial charge is 0.494 e. The van der Waals surface area contributed by atoms with Gasteiger partial charge in [0.05, 0.1) is 18.7 Å². The van der Waals surface area contributed by atoms with E-state index in [0.717, 1.165) is 12.1 Å². The first-order valence-electron chi connectivity index (χ1n) is 8.31. The van der Waals surface area contributed by atoms with Crippen molar-refractivity contribution in [3.05, 3.63) is 59.7 Å². The molecule has 7 nitrogen and oxygen atoms in total. The molecule has 3 aromatic rings. The van der Waals surface area contributed by atoms with Gasteiger partial charge in [-0.2, -0.15) is 18.0 Å². The number of nitrogens with zero attached hydrogens (tertiary/aromatic N) is 4. The second kappa shape index (κ2) is 8.07. The average molecular weight is 391 g/mol. The van der Waals surface area contributed by atoms with Crippen LogP contribution in [-0.2, 0) is 12.7 Å². The van der Waals surface area contributed by atoms with Crippen LogP contribution >= 0.6 is 0 Å². The number of halogens is 3. The normalized spacial score (nSPS) is 11.4. The van der Waals surface area contributed by atoms with Crippen LogP contribution < -0.4 is 10.5 Å². The smallest absolute Gasteiger partial charge is 0.416 e. The number of primary amides is 1. The molecule has 0 saturated heterocycles.